The molecule has 0 spiro atoms. The molecule has 2 N–H and O–H groups in total. The monoisotopic (exact) mass is 271 g/mol. The Morgan fingerprint density at radius 1 is 1.22 bits per heavy atom. The fraction of sp³-hybridized carbons (Fsp3) is 0.769. The molecule has 0 aliphatic heterocycles. The summed E-state index contributed by atoms with van der Waals surface area (Å²) in [4.78, 5) is 12.3. The minimum Gasteiger partial charge on any atom is -0.324 e. The summed E-state index contributed by atoms with van der Waals surface area (Å²) < 4.78 is 23.2. The Morgan fingerprint density at radius 3 is 2.50 bits per heavy atom. The molecular weight excluding hydrogens is 250 g/mol. The van der Waals surface area contributed by atoms with Crippen molar-refractivity contribution in [3.63, 3.8) is 0 Å². The van der Waals surface area contributed by atoms with E-state index in [2.05, 4.69) is 0 Å². The number of nitrogens with two attached hydrogens (primary N) is 1. The van der Waals surface area contributed by atoms with Gasteiger partial charge >= 0.3 is 0 Å². The Bertz CT molecular complexity index is 455. The lowest BCUT2D eigenvalue weighted by atomic mass is 9.81. The summed E-state index contributed by atoms with van der Waals surface area (Å²) in [5, 5.41) is -0.334. The van der Waals surface area contributed by atoms with E-state index in [0.717, 1.165) is 12.8 Å². The maximum absolute atomic E-state index is 12.3. The Balaban J connectivity index is 2.01. The van der Waals surface area contributed by atoms with Crippen LogP contribution in [0.5, 0.6) is 0 Å². The van der Waals surface area contributed by atoms with Gasteiger partial charge in [-0.2, -0.15) is 0 Å². The number of carbonyl (C=O) groups is 1. The van der Waals surface area contributed by atoms with Crippen LogP contribution in [0.3, 0.4) is 0 Å². The second kappa shape index (κ2) is 5.13. The fourth-order valence-electron chi connectivity index (χ4n) is 3.03. The standard InChI is InChI=1S/C13H21NO3S/c1-18(16,17)12-4-2-3-9(8-12)13(15)10-5-6-11(14)7-10/h5-6,9-12H,2-4,7-8,14H2,1H3. The van der Waals surface area contributed by atoms with Gasteiger partial charge in [-0.05, 0) is 25.7 Å². The van der Waals surface area contributed by atoms with Gasteiger partial charge in [-0.25, -0.2) is 8.42 Å². The van der Waals surface area contributed by atoms with Gasteiger partial charge in [0.25, 0.3) is 0 Å². The first-order chi connectivity index (χ1) is 8.38. The van der Waals surface area contributed by atoms with Crippen molar-refractivity contribution in [1.29, 1.82) is 0 Å². The highest BCUT2D eigenvalue weighted by Crippen LogP contribution is 2.33. The van der Waals surface area contributed by atoms with Crippen LogP contribution in [0, 0.1) is 11.8 Å². The summed E-state index contributed by atoms with van der Waals surface area (Å²) in [6.07, 6.45) is 8.56. The number of allylic oxidation sites excluding steroid dienone is 1. The van der Waals surface area contributed by atoms with Crippen LogP contribution >= 0.6 is 0 Å². The van der Waals surface area contributed by atoms with Crippen molar-refractivity contribution in [1.82, 2.24) is 0 Å². The van der Waals surface area contributed by atoms with E-state index < -0.39 is 9.84 Å². The molecule has 0 radical (unpaired) electrons. The first kappa shape index (κ1) is 13.7. The lowest BCUT2D eigenvalue weighted by Crippen LogP contribution is -2.33. The molecule has 4 nitrogen and oxygen atoms in total. The number of rotatable bonds is 3. The molecule has 0 aromatic rings. The second-order valence-corrected chi connectivity index (χ2v) is 7.93. The fourth-order valence-corrected chi connectivity index (χ4v) is 4.21. The van der Waals surface area contributed by atoms with Crippen molar-refractivity contribution in [2.75, 3.05) is 6.26 Å². The molecule has 4 unspecified atom stereocenters. The maximum atomic E-state index is 12.3. The summed E-state index contributed by atoms with van der Waals surface area (Å²) in [5.41, 5.74) is 5.75. The summed E-state index contributed by atoms with van der Waals surface area (Å²) in [7, 11) is -3.02. The molecule has 0 saturated heterocycles. The van der Waals surface area contributed by atoms with Gasteiger partial charge in [0.2, 0.25) is 0 Å². The lowest BCUT2D eigenvalue weighted by Gasteiger charge is -2.28. The topological polar surface area (TPSA) is 77.2 Å². The zero-order valence-corrected chi connectivity index (χ0v) is 11.5. The van der Waals surface area contributed by atoms with Crippen molar-refractivity contribution < 1.29 is 13.2 Å². The van der Waals surface area contributed by atoms with Crippen molar-refractivity contribution in [2.24, 2.45) is 17.6 Å². The molecule has 102 valence electrons. The van der Waals surface area contributed by atoms with Gasteiger partial charge < -0.3 is 5.73 Å². The van der Waals surface area contributed by atoms with Crippen LogP contribution in [0.4, 0.5) is 0 Å². The number of hydrogen-bond donors (Lipinski definition) is 1. The first-order valence-corrected chi connectivity index (χ1v) is 8.50. The van der Waals surface area contributed by atoms with E-state index >= 15 is 0 Å². The van der Waals surface area contributed by atoms with E-state index in [1.807, 2.05) is 12.2 Å². The molecule has 1 fully saturated rings. The molecule has 0 bridgehead atoms. The molecule has 0 aromatic heterocycles. The van der Waals surface area contributed by atoms with E-state index in [9.17, 15) is 13.2 Å². The van der Waals surface area contributed by atoms with Crippen LogP contribution in [0.25, 0.3) is 0 Å². The number of sulfone groups is 1. The predicted octanol–water partition coefficient (Wildman–Crippen LogP) is 1.06. The van der Waals surface area contributed by atoms with Crippen LogP contribution in [0.2, 0.25) is 0 Å². The summed E-state index contributed by atoms with van der Waals surface area (Å²) in [6, 6.07) is -0.0201. The minimum atomic E-state index is -3.02. The van der Waals surface area contributed by atoms with Gasteiger partial charge in [0.15, 0.2) is 0 Å². The summed E-state index contributed by atoms with van der Waals surface area (Å²) in [6.45, 7) is 0. The van der Waals surface area contributed by atoms with Gasteiger partial charge in [-0.1, -0.05) is 18.6 Å². The van der Waals surface area contributed by atoms with Crippen LogP contribution in [0.1, 0.15) is 32.1 Å². The average Bonchev–Trinajstić information content (AvgIpc) is 2.74. The Morgan fingerprint density at radius 2 is 1.94 bits per heavy atom. The van der Waals surface area contributed by atoms with Gasteiger partial charge in [0.05, 0.1) is 5.25 Å². The van der Waals surface area contributed by atoms with Gasteiger partial charge in [-0.15, -0.1) is 0 Å². The first-order valence-electron chi connectivity index (χ1n) is 6.54. The second-order valence-electron chi connectivity index (χ2n) is 5.61. The van der Waals surface area contributed by atoms with Crippen molar-refractivity contribution in [3.8, 4) is 0 Å². The summed E-state index contributed by atoms with van der Waals surface area (Å²) >= 11 is 0. The molecule has 2 aliphatic rings. The van der Waals surface area contributed by atoms with Crippen LogP contribution in [-0.4, -0.2) is 31.7 Å². The minimum absolute atomic E-state index is 0.0201. The van der Waals surface area contributed by atoms with E-state index in [-0.39, 0.29) is 28.9 Å². The normalized spacial score (nSPS) is 36.8. The Hall–Kier alpha value is -0.680. The van der Waals surface area contributed by atoms with Gasteiger partial charge in [0.1, 0.15) is 15.6 Å². The number of ketones is 1. The van der Waals surface area contributed by atoms with Crippen molar-refractivity contribution in [3.05, 3.63) is 12.2 Å². The van der Waals surface area contributed by atoms with E-state index in [4.69, 9.17) is 5.73 Å². The maximum Gasteiger partial charge on any atom is 0.150 e. The molecule has 1 saturated carbocycles. The number of Topliss-reactive ketones (excluding diaryl/α,β-unsaturated/α-hetero) is 1. The molecule has 2 aliphatic carbocycles. The Labute approximate surface area is 109 Å². The van der Waals surface area contributed by atoms with E-state index in [1.165, 1.54) is 6.26 Å². The zero-order chi connectivity index (χ0) is 13.3. The highest BCUT2D eigenvalue weighted by Gasteiger charge is 2.35. The van der Waals surface area contributed by atoms with Crippen molar-refractivity contribution >= 4 is 15.6 Å². The van der Waals surface area contributed by atoms with Gasteiger partial charge in [-0.3, -0.25) is 4.79 Å². The smallest absolute Gasteiger partial charge is 0.150 e. The quantitative estimate of drug-likeness (QED) is 0.779. The third kappa shape index (κ3) is 3.01. The SMILES string of the molecule is CS(=O)(=O)C1CCCC(C(=O)C2C=CC(N)C2)C1. The molecule has 4 atom stereocenters. The average molecular weight is 271 g/mol. The van der Waals surface area contributed by atoms with Crippen LogP contribution in [-0.2, 0) is 14.6 Å². The molecule has 0 aromatic carbocycles. The molecule has 18 heavy (non-hydrogen) atoms. The largest absolute Gasteiger partial charge is 0.324 e. The molecular formula is C13H21NO3S. The molecule has 5 heteroatoms. The highest BCUT2D eigenvalue weighted by atomic mass is 32.2. The lowest BCUT2D eigenvalue weighted by molar-refractivity contribution is -0.126. The zero-order valence-electron chi connectivity index (χ0n) is 10.7. The molecule has 0 amide bonds. The predicted molar refractivity (Wildman–Crippen MR) is 70.8 cm³/mol. The molecule has 0 heterocycles. The Kier molecular flexibility index (Phi) is 3.92. The van der Waals surface area contributed by atoms with Crippen LogP contribution in [0.15, 0.2) is 12.2 Å². The van der Waals surface area contributed by atoms with Gasteiger partial charge in [0, 0.05) is 24.1 Å². The van der Waals surface area contributed by atoms with Crippen molar-refractivity contribution in [2.45, 2.75) is 43.4 Å². The third-order valence-electron chi connectivity index (χ3n) is 4.12. The molecule has 2 rings (SSSR count). The number of hydrogen-bond acceptors (Lipinski definition) is 4. The summed E-state index contributed by atoms with van der Waals surface area (Å²) in [5.74, 6) is -0.00529. The third-order valence-corrected chi connectivity index (χ3v) is 5.76. The highest BCUT2D eigenvalue weighted by molar-refractivity contribution is 7.91. The number of carbonyl (C=O) groups excluding carboxylic acids is 1. The van der Waals surface area contributed by atoms with Crippen LogP contribution < -0.4 is 5.73 Å². The van der Waals surface area contributed by atoms with E-state index in [0.29, 0.717) is 19.3 Å². The van der Waals surface area contributed by atoms with E-state index in [1.54, 1.807) is 0 Å².